The van der Waals surface area contributed by atoms with Crippen molar-refractivity contribution in [2.45, 2.75) is 16.8 Å². The number of nitrogens with zero attached hydrogens (tertiary/aromatic N) is 3. The van der Waals surface area contributed by atoms with Gasteiger partial charge in [-0.2, -0.15) is 0 Å². The first kappa shape index (κ1) is 16.2. The molecule has 2 N–H and O–H groups in total. The van der Waals surface area contributed by atoms with Crippen LogP contribution in [0.4, 0.5) is 0 Å². The topological polar surface area (TPSA) is 83.6 Å². The van der Waals surface area contributed by atoms with E-state index >= 15 is 0 Å². The normalized spacial score (nSPS) is 11.9. The van der Waals surface area contributed by atoms with E-state index in [0.29, 0.717) is 17.4 Å². The van der Waals surface area contributed by atoms with E-state index in [9.17, 15) is 4.79 Å². The smallest absolute Gasteiger partial charge is 0.233 e. The molecule has 7 heteroatoms. The van der Waals surface area contributed by atoms with Crippen LogP contribution in [0.25, 0.3) is 11.4 Å². The Labute approximate surface area is 144 Å². The summed E-state index contributed by atoms with van der Waals surface area (Å²) in [5, 5.41) is 10.1. The van der Waals surface area contributed by atoms with Gasteiger partial charge in [0.25, 0.3) is 0 Å². The summed E-state index contributed by atoms with van der Waals surface area (Å²) in [6, 6.07) is 13.7. The molecule has 1 aromatic carbocycles. The summed E-state index contributed by atoms with van der Waals surface area (Å²) < 4.78 is 0. The molecule has 0 aliphatic heterocycles. The van der Waals surface area contributed by atoms with Gasteiger partial charge in [0, 0.05) is 25.0 Å². The second-order valence-corrected chi connectivity index (χ2v) is 6.29. The molecule has 24 heavy (non-hydrogen) atoms. The fourth-order valence-corrected chi connectivity index (χ4v) is 3.23. The SMILES string of the molecule is CNC(=O)[C@@H](Cc1ccccc1)Sc1n[nH]c(-c2cccnc2)n1. The molecule has 0 aliphatic carbocycles. The molecule has 1 amide bonds. The number of amides is 1. The summed E-state index contributed by atoms with van der Waals surface area (Å²) in [4.78, 5) is 20.7. The number of hydrogen-bond acceptors (Lipinski definition) is 5. The molecular weight excluding hydrogens is 322 g/mol. The number of nitrogens with one attached hydrogen (secondary N) is 2. The Morgan fingerprint density at radius 3 is 2.79 bits per heavy atom. The summed E-state index contributed by atoms with van der Waals surface area (Å²) >= 11 is 1.35. The van der Waals surface area contributed by atoms with Gasteiger partial charge in [0.15, 0.2) is 5.82 Å². The Balaban J connectivity index is 1.75. The van der Waals surface area contributed by atoms with Crippen LogP contribution in [0.3, 0.4) is 0 Å². The molecule has 0 radical (unpaired) electrons. The Kier molecular flexibility index (Phi) is 5.22. The number of hydrogen-bond donors (Lipinski definition) is 2. The van der Waals surface area contributed by atoms with Gasteiger partial charge in [-0.1, -0.05) is 42.1 Å². The first-order chi connectivity index (χ1) is 11.8. The summed E-state index contributed by atoms with van der Waals surface area (Å²) in [6.07, 6.45) is 4.04. The Hall–Kier alpha value is -2.67. The summed E-state index contributed by atoms with van der Waals surface area (Å²) in [6.45, 7) is 0. The van der Waals surface area contributed by atoms with Crippen LogP contribution in [-0.2, 0) is 11.2 Å². The predicted molar refractivity (Wildman–Crippen MR) is 93.5 cm³/mol. The van der Waals surface area contributed by atoms with Gasteiger partial charge in [-0.25, -0.2) is 4.98 Å². The van der Waals surface area contributed by atoms with Crippen molar-refractivity contribution in [3.63, 3.8) is 0 Å². The minimum atomic E-state index is -0.296. The molecule has 0 bridgehead atoms. The quantitative estimate of drug-likeness (QED) is 0.673. The van der Waals surface area contributed by atoms with Gasteiger partial charge in [0.05, 0.1) is 5.25 Å². The zero-order valence-electron chi connectivity index (χ0n) is 13.1. The average Bonchev–Trinajstić information content (AvgIpc) is 3.11. The van der Waals surface area contributed by atoms with Crippen LogP contribution in [0.5, 0.6) is 0 Å². The second kappa shape index (κ2) is 7.74. The van der Waals surface area contributed by atoms with Gasteiger partial charge in [-0.05, 0) is 24.1 Å². The lowest BCUT2D eigenvalue weighted by atomic mass is 10.1. The van der Waals surface area contributed by atoms with Crippen LogP contribution < -0.4 is 5.32 Å². The van der Waals surface area contributed by atoms with E-state index in [4.69, 9.17) is 0 Å². The maximum absolute atomic E-state index is 12.2. The van der Waals surface area contributed by atoms with Crippen LogP contribution >= 0.6 is 11.8 Å². The van der Waals surface area contributed by atoms with Gasteiger partial charge in [0.2, 0.25) is 11.1 Å². The maximum atomic E-state index is 12.2. The van der Waals surface area contributed by atoms with E-state index in [1.165, 1.54) is 11.8 Å². The van der Waals surface area contributed by atoms with Crippen LogP contribution in [-0.4, -0.2) is 38.4 Å². The molecule has 0 saturated carbocycles. The van der Waals surface area contributed by atoms with Crippen molar-refractivity contribution in [2.75, 3.05) is 7.05 Å². The number of thioether (sulfide) groups is 1. The molecular formula is C17H17N5OS. The molecule has 2 heterocycles. The second-order valence-electron chi connectivity index (χ2n) is 5.12. The molecule has 2 aromatic heterocycles. The van der Waals surface area contributed by atoms with Crippen LogP contribution in [0, 0.1) is 0 Å². The van der Waals surface area contributed by atoms with Gasteiger partial charge in [-0.3, -0.25) is 14.9 Å². The Bertz CT molecular complexity index is 791. The summed E-state index contributed by atoms with van der Waals surface area (Å²) in [5.74, 6) is 0.595. The summed E-state index contributed by atoms with van der Waals surface area (Å²) in [5.41, 5.74) is 1.96. The first-order valence-corrected chi connectivity index (χ1v) is 8.39. The number of aromatic nitrogens is 4. The molecule has 6 nitrogen and oxygen atoms in total. The predicted octanol–water partition coefficient (Wildman–Crippen LogP) is 2.32. The number of rotatable bonds is 6. The fraction of sp³-hybridized carbons (Fsp3) is 0.176. The zero-order chi connectivity index (χ0) is 16.8. The lowest BCUT2D eigenvalue weighted by Crippen LogP contribution is -2.31. The molecule has 122 valence electrons. The Morgan fingerprint density at radius 2 is 2.08 bits per heavy atom. The van der Waals surface area contributed by atoms with Crippen molar-refractivity contribution in [1.29, 1.82) is 0 Å². The largest absolute Gasteiger partial charge is 0.358 e. The molecule has 0 unspecified atom stereocenters. The number of pyridine rings is 1. The molecule has 0 fully saturated rings. The lowest BCUT2D eigenvalue weighted by molar-refractivity contribution is -0.120. The third-order valence-corrected chi connectivity index (χ3v) is 4.51. The minimum absolute atomic E-state index is 0.0448. The van der Waals surface area contributed by atoms with Gasteiger partial charge < -0.3 is 5.32 Å². The van der Waals surface area contributed by atoms with Crippen molar-refractivity contribution in [3.05, 3.63) is 60.4 Å². The average molecular weight is 339 g/mol. The minimum Gasteiger partial charge on any atom is -0.358 e. The number of carbonyl (C=O) groups is 1. The summed E-state index contributed by atoms with van der Waals surface area (Å²) in [7, 11) is 1.64. The highest BCUT2D eigenvalue weighted by Crippen LogP contribution is 2.25. The van der Waals surface area contributed by atoms with Crippen molar-refractivity contribution in [1.82, 2.24) is 25.5 Å². The fourth-order valence-electron chi connectivity index (χ4n) is 2.24. The van der Waals surface area contributed by atoms with E-state index in [2.05, 4.69) is 25.5 Å². The number of aromatic amines is 1. The van der Waals surface area contributed by atoms with Gasteiger partial charge in [0.1, 0.15) is 0 Å². The zero-order valence-corrected chi connectivity index (χ0v) is 14.0. The van der Waals surface area contributed by atoms with E-state index in [-0.39, 0.29) is 11.2 Å². The number of benzene rings is 1. The Morgan fingerprint density at radius 1 is 1.25 bits per heavy atom. The van der Waals surface area contributed by atoms with Gasteiger partial charge >= 0.3 is 0 Å². The van der Waals surface area contributed by atoms with Crippen LogP contribution in [0.2, 0.25) is 0 Å². The monoisotopic (exact) mass is 339 g/mol. The van der Waals surface area contributed by atoms with Crippen LogP contribution in [0.1, 0.15) is 5.56 Å². The van der Waals surface area contributed by atoms with Crippen molar-refractivity contribution in [3.8, 4) is 11.4 Å². The highest BCUT2D eigenvalue weighted by Gasteiger charge is 2.21. The van der Waals surface area contributed by atoms with Crippen LogP contribution in [0.15, 0.2) is 60.0 Å². The molecule has 0 saturated heterocycles. The van der Waals surface area contributed by atoms with Crippen molar-refractivity contribution < 1.29 is 4.79 Å². The van der Waals surface area contributed by atoms with Gasteiger partial charge in [-0.15, -0.1) is 5.10 Å². The molecule has 0 spiro atoms. The molecule has 3 aromatic rings. The van der Waals surface area contributed by atoms with Crippen molar-refractivity contribution in [2.24, 2.45) is 0 Å². The van der Waals surface area contributed by atoms with E-state index in [1.807, 2.05) is 42.5 Å². The lowest BCUT2D eigenvalue weighted by Gasteiger charge is -2.13. The highest BCUT2D eigenvalue weighted by molar-refractivity contribution is 8.00. The third-order valence-electron chi connectivity index (χ3n) is 3.45. The molecule has 0 aliphatic rings. The van der Waals surface area contributed by atoms with E-state index in [1.54, 1.807) is 19.4 Å². The molecule has 3 rings (SSSR count). The van der Waals surface area contributed by atoms with E-state index < -0.39 is 0 Å². The standard InChI is InChI=1S/C17H17N5OS/c1-18-16(23)14(10-12-6-3-2-4-7-12)24-17-20-15(21-22-17)13-8-5-9-19-11-13/h2-9,11,14H,10H2,1H3,(H,18,23)(H,20,21,22)/t14-/m1/s1. The first-order valence-electron chi connectivity index (χ1n) is 7.51. The highest BCUT2D eigenvalue weighted by atomic mass is 32.2. The number of carbonyl (C=O) groups excluding carboxylic acids is 1. The maximum Gasteiger partial charge on any atom is 0.233 e. The van der Waals surface area contributed by atoms with E-state index in [0.717, 1.165) is 11.1 Å². The third kappa shape index (κ3) is 3.99. The van der Waals surface area contributed by atoms with Crippen molar-refractivity contribution >= 4 is 17.7 Å². The molecule has 1 atom stereocenters. The number of H-pyrrole nitrogens is 1.